The summed E-state index contributed by atoms with van der Waals surface area (Å²) in [7, 11) is 1.35. The smallest absolute Gasteiger partial charge is 0.309 e. The summed E-state index contributed by atoms with van der Waals surface area (Å²) in [5.41, 5.74) is 0. The molecule has 1 fully saturated rings. The Morgan fingerprint density at radius 3 is 3.08 bits per heavy atom. The Morgan fingerprint density at radius 1 is 1.67 bits per heavy atom. The number of carbonyl (C=O) groups is 2. The molecule has 68 valence electrons. The molecule has 0 aromatic heterocycles. The zero-order valence-electron chi connectivity index (χ0n) is 7.13. The highest BCUT2D eigenvalue weighted by Gasteiger charge is 2.24. The molecule has 0 radical (unpaired) electrons. The first-order valence-corrected chi connectivity index (χ1v) is 4.08. The lowest BCUT2D eigenvalue weighted by Crippen LogP contribution is -2.24. The van der Waals surface area contributed by atoms with Crippen LogP contribution in [0.1, 0.15) is 19.3 Å². The lowest BCUT2D eigenvalue weighted by Gasteiger charge is -2.08. The average molecular weight is 171 g/mol. The van der Waals surface area contributed by atoms with Crippen LogP contribution in [0.2, 0.25) is 0 Å². The van der Waals surface area contributed by atoms with E-state index in [2.05, 4.69) is 10.1 Å². The summed E-state index contributed by atoms with van der Waals surface area (Å²) >= 11 is 0. The minimum atomic E-state index is -0.271. The van der Waals surface area contributed by atoms with E-state index in [-0.39, 0.29) is 24.2 Å². The summed E-state index contributed by atoms with van der Waals surface area (Å²) in [5, 5.41) is 2.71. The molecule has 0 aromatic rings. The van der Waals surface area contributed by atoms with Crippen molar-refractivity contribution in [3.63, 3.8) is 0 Å². The maximum atomic E-state index is 11.1. The Kier molecular flexibility index (Phi) is 3.08. The van der Waals surface area contributed by atoms with Crippen LogP contribution in [-0.2, 0) is 14.3 Å². The van der Waals surface area contributed by atoms with E-state index in [0.717, 1.165) is 12.8 Å². The van der Waals surface area contributed by atoms with Gasteiger partial charge in [-0.05, 0) is 12.8 Å². The number of esters is 1. The first kappa shape index (κ1) is 9.03. The zero-order chi connectivity index (χ0) is 8.97. The normalized spacial score (nSPS) is 24.1. The Morgan fingerprint density at radius 2 is 2.42 bits per heavy atom. The molecule has 1 heterocycles. The minimum Gasteiger partial charge on any atom is -0.469 e. The molecule has 4 heteroatoms. The van der Waals surface area contributed by atoms with E-state index in [9.17, 15) is 9.59 Å². The van der Waals surface area contributed by atoms with Gasteiger partial charge in [-0.1, -0.05) is 0 Å². The molecule has 1 amide bonds. The highest BCUT2D eigenvalue weighted by Crippen LogP contribution is 2.15. The maximum absolute atomic E-state index is 11.1. The van der Waals surface area contributed by atoms with Gasteiger partial charge in [-0.15, -0.1) is 0 Å². The summed E-state index contributed by atoms with van der Waals surface area (Å²) in [5.74, 6) is -0.563. The van der Waals surface area contributed by atoms with Crippen LogP contribution in [0.15, 0.2) is 0 Å². The van der Waals surface area contributed by atoms with Crippen LogP contribution in [-0.4, -0.2) is 25.5 Å². The quantitative estimate of drug-likeness (QED) is 0.568. The van der Waals surface area contributed by atoms with Crippen molar-refractivity contribution >= 4 is 11.9 Å². The lowest BCUT2D eigenvalue weighted by atomic mass is 10.0. The number of amides is 1. The van der Waals surface area contributed by atoms with Gasteiger partial charge in [-0.2, -0.15) is 0 Å². The monoisotopic (exact) mass is 171 g/mol. The van der Waals surface area contributed by atoms with Gasteiger partial charge in [0.05, 0.1) is 13.0 Å². The van der Waals surface area contributed by atoms with Crippen LogP contribution in [0, 0.1) is 5.92 Å². The van der Waals surface area contributed by atoms with Crippen molar-refractivity contribution in [2.24, 2.45) is 5.92 Å². The van der Waals surface area contributed by atoms with E-state index >= 15 is 0 Å². The molecule has 1 aliphatic heterocycles. The fourth-order valence-corrected chi connectivity index (χ4v) is 1.34. The van der Waals surface area contributed by atoms with Crippen LogP contribution in [0.25, 0.3) is 0 Å². The van der Waals surface area contributed by atoms with Gasteiger partial charge in [0.15, 0.2) is 0 Å². The zero-order valence-corrected chi connectivity index (χ0v) is 7.13. The topological polar surface area (TPSA) is 55.4 Å². The van der Waals surface area contributed by atoms with Crippen LogP contribution < -0.4 is 5.32 Å². The third kappa shape index (κ3) is 2.22. The van der Waals surface area contributed by atoms with Crippen molar-refractivity contribution < 1.29 is 14.3 Å². The molecule has 0 spiro atoms. The van der Waals surface area contributed by atoms with Crippen molar-refractivity contribution in [2.45, 2.75) is 19.3 Å². The molecule has 1 N–H and O–H groups in total. The van der Waals surface area contributed by atoms with E-state index in [1.54, 1.807) is 0 Å². The molecule has 4 nitrogen and oxygen atoms in total. The van der Waals surface area contributed by atoms with Crippen molar-refractivity contribution in [3.05, 3.63) is 0 Å². The van der Waals surface area contributed by atoms with Gasteiger partial charge in [-0.3, -0.25) is 9.59 Å². The number of methoxy groups -OCH3 is 1. The molecule has 0 saturated carbocycles. The maximum Gasteiger partial charge on any atom is 0.309 e. The van der Waals surface area contributed by atoms with Gasteiger partial charge < -0.3 is 10.1 Å². The van der Waals surface area contributed by atoms with Crippen LogP contribution in [0.5, 0.6) is 0 Å². The predicted octanol–water partition coefficient (Wildman–Crippen LogP) is 0.0757. The second-order valence-electron chi connectivity index (χ2n) is 2.92. The van der Waals surface area contributed by atoms with E-state index in [1.165, 1.54) is 7.11 Å². The first-order chi connectivity index (χ1) is 5.74. The van der Waals surface area contributed by atoms with Gasteiger partial charge >= 0.3 is 5.97 Å². The number of hydrogen-bond acceptors (Lipinski definition) is 3. The van der Waals surface area contributed by atoms with E-state index in [0.29, 0.717) is 6.54 Å². The molecule has 1 rings (SSSR count). The van der Waals surface area contributed by atoms with Crippen molar-refractivity contribution in [2.75, 3.05) is 13.7 Å². The second-order valence-corrected chi connectivity index (χ2v) is 2.92. The summed E-state index contributed by atoms with van der Waals surface area (Å²) in [6.07, 6.45) is 1.86. The predicted molar refractivity (Wildman–Crippen MR) is 42.4 cm³/mol. The molecular weight excluding hydrogens is 158 g/mol. The highest BCUT2D eigenvalue weighted by molar-refractivity contribution is 5.83. The Labute approximate surface area is 71.3 Å². The largest absolute Gasteiger partial charge is 0.469 e. The first-order valence-electron chi connectivity index (χ1n) is 4.08. The SMILES string of the molecule is COC(=O)[C@@H]1CCCNC(=O)C1. The van der Waals surface area contributed by atoms with Gasteiger partial charge in [-0.25, -0.2) is 0 Å². The van der Waals surface area contributed by atoms with Crippen LogP contribution in [0.4, 0.5) is 0 Å². The molecule has 0 aromatic carbocycles. The minimum absolute atomic E-state index is 0.0529. The van der Waals surface area contributed by atoms with Gasteiger partial charge in [0.25, 0.3) is 0 Å². The summed E-state index contributed by atoms with van der Waals surface area (Å²) < 4.78 is 4.57. The van der Waals surface area contributed by atoms with Crippen molar-refractivity contribution in [1.82, 2.24) is 5.32 Å². The Hall–Kier alpha value is -1.06. The van der Waals surface area contributed by atoms with Gasteiger partial charge in [0.2, 0.25) is 5.91 Å². The molecule has 12 heavy (non-hydrogen) atoms. The standard InChI is InChI=1S/C8H13NO3/c1-12-8(11)6-3-2-4-9-7(10)5-6/h6H,2-5H2,1H3,(H,9,10)/t6-/m1/s1. The number of rotatable bonds is 1. The van der Waals surface area contributed by atoms with Crippen LogP contribution in [0.3, 0.4) is 0 Å². The third-order valence-corrected chi connectivity index (χ3v) is 2.02. The average Bonchev–Trinajstić information content (AvgIpc) is 2.28. The number of carbonyl (C=O) groups excluding carboxylic acids is 2. The number of hydrogen-bond donors (Lipinski definition) is 1. The molecule has 1 aliphatic rings. The third-order valence-electron chi connectivity index (χ3n) is 2.02. The fraction of sp³-hybridized carbons (Fsp3) is 0.750. The molecule has 0 aliphatic carbocycles. The summed E-state index contributed by atoms with van der Waals surface area (Å²) in [6, 6.07) is 0. The molecule has 1 atom stereocenters. The Balaban J connectivity index is 2.51. The van der Waals surface area contributed by atoms with E-state index < -0.39 is 0 Å². The van der Waals surface area contributed by atoms with E-state index in [4.69, 9.17) is 0 Å². The van der Waals surface area contributed by atoms with Crippen molar-refractivity contribution in [1.29, 1.82) is 0 Å². The number of nitrogens with one attached hydrogen (secondary N) is 1. The summed E-state index contributed by atoms with van der Waals surface area (Å²) in [6.45, 7) is 0.673. The van der Waals surface area contributed by atoms with Gasteiger partial charge in [0.1, 0.15) is 0 Å². The van der Waals surface area contributed by atoms with Crippen molar-refractivity contribution in [3.8, 4) is 0 Å². The Bertz CT molecular complexity index is 191. The second kappa shape index (κ2) is 4.09. The fourth-order valence-electron chi connectivity index (χ4n) is 1.34. The molecule has 0 bridgehead atoms. The number of ether oxygens (including phenoxy) is 1. The van der Waals surface area contributed by atoms with Crippen LogP contribution >= 0.6 is 0 Å². The van der Waals surface area contributed by atoms with E-state index in [1.807, 2.05) is 0 Å². The summed E-state index contributed by atoms with van der Waals surface area (Å²) in [4.78, 5) is 22.1. The molecular formula is C8H13NO3. The lowest BCUT2D eigenvalue weighted by molar-refractivity contribution is -0.147. The van der Waals surface area contributed by atoms with Gasteiger partial charge in [0, 0.05) is 13.0 Å². The molecule has 1 saturated heterocycles. The highest BCUT2D eigenvalue weighted by atomic mass is 16.5. The molecule has 0 unspecified atom stereocenters.